The molecule has 1 atom stereocenters. The van der Waals surface area contributed by atoms with Crippen molar-refractivity contribution >= 4 is 5.71 Å². The van der Waals surface area contributed by atoms with E-state index in [1.54, 1.807) is 43.4 Å². The molecular formula is C23H31F3N2. The Bertz CT molecular complexity index is 667. The molecule has 154 valence electrons. The largest absolute Gasteiger partial charge is 0.405 e. The van der Waals surface area contributed by atoms with Gasteiger partial charge >= 0.3 is 6.18 Å². The zero-order valence-corrected chi connectivity index (χ0v) is 16.8. The van der Waals surface area contributed by atoms with Gasteiger partial charge in [-0.3, -0.25) is 0 Å². The molecule has 0 radical (unpaired) electrons. The van der Waals surface area contributed by atoms with Gasteiger partial charge in [0.05, 0.1) is 5.92 Å². The molecule has 1 unspecified atom stereocenters. The van der Waals surface area contributed by atoms with Crippen molar-refractivity contribution in [2.45, 2.75) is 45.7 Å². The lowest BCUT2D eigenvalue weighted by Gasteiger charge is -2.17. The Morgan fingerprint density at radius 2 is 1.71 bits per heavy atom. The van der Waals surface area contributed by atoms with Crippen LogP contribution in [0.3, 0.4) is 0 Å². The fourth-order valence-electron chi connectivity index (χ4n) is 2.19. The first-order valence-corrected chi connectivity index (χ1v) is 9.14. The third kappa shape index (κ3) is 11.9. The summed E-state index contributed by atoms with van der Waals surface area (Å²) in [5, 5.41) is 7.01. The smallest absolute Gasteiger partial charge is 0.399 e. The summed E-state index contributed by atoms with van der Waals surface area (Å²) in [5.41, 5.74) is 6.33. The zero-order chi connectivity index (χ0) is 21.6. The van der Waals surface area contributed by atoms with Gasteiger partial charge in [0.25, 0.3) is 0 Å². The normalized spacial score (nSPS) is 15.3. The van der Waals surface area contributed by atoms with E-state index in [0.717, 1.165) is 5.71 Å². The highest BCUT2D eigenvalue weighted by Gasteiger charge is 2.38. The number of benzene rings is 1. The first kappa shape index (κ1) is 25.4. The van der Waals surface area contributed by atoms with Gasteiger partial charge in [-0.1, -0.05) is 72.9 Å². The average molecular weight is 393 g/mol. The van der Waals surface area contributed by atoms with Gasteiger partial charge in [0.15, 0.2) is 0 Å². The van der Waals surface area contributed by atoms with Crippen molar-refractivity contribution in [3.05, 3.63) is 84.6 Å². The molecule has 3 N–H and O–H groups in total. The Labute approximate surface area is 166 Å². The van der Waals surface area contributed by atoms with E-state index in [0.29, 0.717) is 11.5 Å². The summed E-state index contributed by atoms with van der Waals surface area (Å²) in [7, 11) is 0. The van der Waals surface area contributed by atoms with Crippen molar-refractivity contribution in [1.82, 2.24) is 0 Å². The summed E-state index contributed by atoms with van der Waals surface area (Å²) in [6.07, 6.45) is 7.76. The van der Waals surface area contributed by atoms with Crippen LogP contribution in [-0.2, 0) is 0 Å². The Morgan fingerprint density at radius 1 is 1.18 bits per heavy atom. The highest BCUT2D eigenvalue weighted by Crippen LogP contribution is 2.36. The monoisotopic (exact) mass is 392 g/mol. The molecule has 0 saturated heterocycles. The molecule has 0 spiro atoms. The van der Waals surface area contributed by atoms with E-state index in [1.165, 1.54) is 37.3 Å². The molecule has 0 bridgehead atoms. The van der Waals surface area contributed by atoms with Gasteiger partial charge < -0.3 is 11.1 Å². The maximum atomic E-state index is 13.1. The lowest BCUT2D eigenvalue weighted by Crippen LogP contribution is -2.19. The van der Waals surface area contributed by atoms with Gasteiger partial charge in [0.1, 0.15) is 0 Å². The van der Waals surface area contributed by atoms with Gasteiger partial charge in [0, 0.05) is 5.71 Å². The number of alkyl halides is 3. The van der Waals surface area contributed by atoms with Crippen LogP contribution in [0.15, 0.2) is 79.1 Å². The van der Waals surface area contributed by atoms with Crippen LogP contribution in [0.5, 0.6) is 0 Å². The molecule has 2 nitrogen and oxygen atoms in total. The van der Waals surface area contributed by atoms with Crippen molar-refractivity contribution in [1.29, 1.82) is 5.41 Å². The molecule has 1 saturated carbocycles. The second kappa shape index (κ2) is 13.6. The molecule has 0 heterocycles. The topological polar surface area (TPSA) is 49.9 Å². The summed E-state index contributed by atoms with van der Waals surface area (Å²) in [4.78, 5) is 0. The number of hydrogen-bond acceptors (Lipinski definition) is 2. The molecule has 28 heavy (non-hydrogen) atoms. The van der Waals surface area contributed by atoms with E-state index in [2.05, 4.69) is 12.3 Å². The highest BCUT2D eigenvalue weighted by atomic mass is 19.4. The van der Waals surface area contributed by atoms with Crippen LogP contribution in [0.2, 0.25) is 0 Å². The lowest BCUT2D eigenvalue weighted by molar-refractivity contribution is -0.139. The first-order valence-electron chi connectivity index (χ1n) is 9.14. The summed E-state index contributed by atoms with van der Waals surface area (Å²) >= 11 is 0. The Hall–Kier alpha value is -2.56. The molecule has 2 rings (SSSR count). The molecule has 1 aromatic carbocycles. The van der Waals surface area contributed by atoms with Crippen LogP contribution in [0.1, 0.15) is 45.1 Å². The van der Waals surface area contributed by atoms with E-state index in [9.17, 15) is 13.2 Å². The Morgan fingerprint density at radius 3 is 2.07 bits per heavy atom. The van der Waals surface area contributed by atoms with Crippen LogP contribution in [0, 0.1) is 11.3 Å². The maximum absolute atomic E-state index is 13.1. The van der Waals surface area contributed by atoms with Gasteiger partial charge in [0.2, 0.25) is 0 Å². The van der Waals surface area contributed by atoms with Crippen molar-refractivity contribution in [3.8, 4) is 0 Å². The second-order valence-corrected chi connectivity index (χ2v) is 6.42. The standard InChI is InChI=1S/C16H17F3.C5H9N.C2H5N/c1-3-4-6-9-13(2)12-15(16(17,18)19)14-10-7-5-8-11-14;1-4(6)5-2-3-5;1-2-3/h3-12,15H,1-2H3;5-6H,2-3H2,1H3;2H,1,3H2/b4-3-,9-6-,13-12-;;. The van der Waals surface area contributed by atoms with Crippen molar-refractivity contribution in [3.63, 3.8) is 0 Å². The third-order valence-corrected chi connectivity index (χ3v) is 3.79. The summed E-state index contributed by atoms with van der Waals surface area (Å²) in [5.74, 6) is -0.881. The summed E-state index contributed by atoms with van der Waals surface area (Å²) in [6, 6.07) is 7.94. The summed E-state index contributed by atoms with van der Waals surface area (Å²) < 4.78 is 39.2. The van der Waals surface area contributed by atoms with Gasteiger partial charge in [-0.15, -0.1) is 0 Å². The zero-order valence-electron chi connectivity index (χ0n) is 16.8. The Balaban J connectivity index is 0.000000665. The number of nitrogens with one attached hydrogen (secondary N) is 1. The van der Waals surface area contributed by atoms with Crippen molar-refractivity contribution in [2.24, 2.45) is 11.7 Å². The number of halogens is 3. The molecule has 1 fully saturated rings. The molecule has 1 aliphatic carbocycles. The average Bonchev–Trinajstić information content (AvgIpc) is 3.46. The van der Waals surface area contributed by atoms with Crippen LogP contribution < -0.4 is 5.73 Å². The van der Waals surface area contributed by atoms with Crippen LogP contribution >= 0.6 is 0 Å². The number of hydrogen-bond donors (Lipinski definition) is 2. The number of nitrogens with two attached hydrogens (primary N) is 1. The molecule has 0 amide bonds. The molecule has 1 aromatic rings. The molecule has 1 aliphatic rings. The third-order valence-electron chi connectivity index (χ3n) is 3.79. The number of allylic oxidation sites excluding steroid dienone is 6. The minimum Gasteiger partial charge on any atom is -0.405 e. The fraction of sp³-hybridized carbons (Fsp3) is 0.348. The van der Waals surface area contributed by atoms with Crippen molar-refractivity contribution in [2.75, 3.05) is 0 Å². The minimum atomic E-state index is -4.28. The highest BCUT2D eigenvalue weighted by molar-refractivity contribution is 5.83. The Kier molecular flexibility index (Phi) is 12.3. The quantitative estimate of drug-likeness (QED) is 0.414. The van der Waals surface area contributed by atoms with E-state index in [4.69, 9.17) is 5.41 Å². The maximum Gasteiger partial charge on any atom is 0.399 e. The van der Waals surface area contributed by atoms with E-state index in [1.807, 2.05) is 19.9 Å². The lowest BCUT2D eigenvalue weighted by atomic mass is 9.96. The predicted octanol–water partition coefficient (Wildman–Crippen LogP) is 6.94. The summed E-state index contributed by atoms with van der Waals surface area (Å²) in [6.45, 7) is 8.55. The molecule has 5 heteroatoms. The first-order chi connectivity index (χ1) is 13.2. The second-order valence-electron chi connectivity index (χ2n) is 6.42. The van der Waals surface area contributed by atoms with Gasteiger partial charge in [-0.2, -0.15) is 13.2 Å². The number of rotatable bonds is 5. The molecule has 0 aromatic heterocycles. The molecular weight excluding hydrogens is 361 g/mol. The van der Waals surface area contributed by atoms with E-state index >= 15 is 0 Å². The van der Waals surface area contributed by atoms with Gasteiger partial charge in [-0.05, 0) is 51.3 Å². The van der Waals surface area contributed by atoms with Crippen LogP contribution in [0.25, 0.3) is 0 Å². The van der Waals surface area contributed by atoms with E-state index in [-0.39, 0.29) is 5.56 Å². The fourth-order valence-corrected chi connectivity index (χ4v) is 2.19. The van der Waals surface area contributed by atoms with Crippen LogP contribution in [0.4, 0.5) is 13.2 Å². The van der Waals surface area contributed by atoms with Crippen molar-refractivity contribution < 1.29 is 13.2 Å². The minimum absolute atomic E-state index is 0.258. The SMILES string of the molecule is C=CN.CC(=N)C1CC1.C\C=C/C=C\C(C)=C/C(c1ccccc1)C(F)(F)F. The molecule has 0 aliphatic heterocycles. The van der Waals surface area contributed by atoms with E-state index < -0.39 is 12.1 Å². The van der Waals surface area contributed by atoms with Gasteiger partial charge in [-0.25, -0.2) is 0 Å². The van der Waals surface area contributed by atoms with Crippen LogP contribution in [-0.4, -0.2) is 11.9 Å². The predicted molar refractivity (Wildman–Crippen MR) is 113 cm³/mol.